The molecule has 1 N–H and O–H groups in total. The molecule has 2 aromatic carbocycles. The van der Waals surface area contributed by atoms with E-state index in [4.69, 9.17) is 16.6 Å². The van der Waals surface area contributed by atoms with E-state index in [0.717, 1.165) is 78.8 Å². The van der Waals surface area contributed by atoms with Crippen LogP contribution in [-0.2, 0) is 4.79 Å². The Labute approximate surface area is 292 Å². The van der Waals surface area contributed by atoms with Crippen LogP contribution in [0.4, 0.5) is 17.3 Å². The second-order valence-electron chi connectivity index (χ2n) is 12.9. The normalized spacial score (nSPS) is 16.2. The molecule has 0 bridgehead atoms. The van der Waals surface area contributed by atoms with Gasteiger partial charge in [0, 0.05) is 17.4 Å². The molecule has 7 nitrogen and oxygen atoms in total. The highest BCUT2D eigenvalue weighted by Gasteiger charge is 2.48. The van der Waals surface area contributed by atoms with Crippen LogP contribution in [0.3, 0.4) is 0 Å². The van der Waals surface area contributed by atoms with E-state index < -0.39 is 0 Å². The molecule has 0 atom stereocenters. The first kappa shape index (κ1) is 33.6. The number of aromatic nitrogens is 3. The van der Waals surface area contributed by atoms with Crippen LogP contribution < -0.4 is 10.2 Å². The fourth-order valence-electron chi connectivity index (χ4n) is 6.93. The Kier molecular flexibility index (Phi) is 11.6. The lowest BCUT2D eigenvalue weighted by Gasteiger charge is -2.38. The molecule has 0 radical (unpaired) electrons. The van der Waals surface area contributed by atoms with Gasteiger partial charge in [0.05, 0.1) is 46.1 Å². The molecule has 1 amide bonds. The van der Waals surface area contributed by atoms with Gasteiger partial charge < -0.3 is 15.1 Å². The van der Waals surface area contributed by atoms with Crippen molar-refractivity contribution < 1.29 is 4.79 Å². The molecular weight excluding hydrogens is 672 g/mol. The van der Waals surface area contributed by atoms with Crippen molar-refractivity contribution in [2.24, 2.45) is 5.41 Å². The van der Waals surface area contributed by atoms with Crippen molar-refractivity contribution in [3.63, 3.8) is 0 Å². The molecule has 1 spiro atoms. The minimum absolute atomic E-state index is 0.239. The van der Waals surface area contributed by atoms with E-state index in [1.807, 2.05) is 41.3 Å². The quantitative estimate of drug-likeness (QED) is 0.104. The highest BCUT2D eigenvalue weighted by molar-refractivity contribution is 9.09. The third kappa shape index (κ3) is 8.40. The van der Waals surface area contributed by atoms with Crippen molar-refractivity contribution in [3.05, 3.63) is 84.3 Å². The van der Waals surface area contributed by atoms with Crippen molar-refractivity contribution in [2.45, 2.75) is 64.2 Å². The summed E-state index contributed by atoms with van der Waals surface area (Å²) in [5.74, 6) is 0.655. The standard InChI is InChI=1S/C38H44BrClN6O/c39-19-9-4-2-1-3-5-10-20-45-21-16-38(17-22-45)18-23-46(36(38)47)33-25-32(26-41-27-33)43-37-42-28-34(40)35(44-37)31-15-11-14-30(24-31)29-12-7-6-8-13-29/h6-8,11-15,24-28H,1-5,9-10,16-23H2,(H,42,43,44). The van der Waals surface area contributed by atoms with Gasteiger partial charge in [-0.3, -0.25) is 9.78 Å². The van der Waals surface area contributed by atoms with Crippen molar-refractivity contribution in [1.29, 1.82) is 0 Å². The number of pyridine rings is 1. The molecule has 2 aromatic heterocycles. The number of benzene rings is 2. The Morgan fingerprint density at radius 2 is 1.49 bits per heavy atom. The van der Waals surface area contributed by atoms with Gasteiger partial charge in [0.1, 0.15) is 0 Å². The number of unbranched alkanes of at least 4 members (excludes halogenated alkanes) is 6. The number of amides is 1. The summed E-state index contributed by atoms with van der Waals surface area (Å²) in [6.07, 6.45) is 17.1. The first-order chi connectivity index (χ1) is 23.0. The molecule has 4 heterocycles. The maximum atomic E-state index is 13.9. The van der Waals surface area contributed by atoms with Crippen molar-refractivity contribution >= 4 is 50.8 Å². The number of rotatable bonds is 14. The first-order valence-corrected chi connectivity index (χ1v) is 18.6. The van der Waals surface area contributed by atoms with Gasteiger partial charge in [-0.05, 0) is 75.0 Å². The van der Waals surface area contributed by atoms with Gasteiger partial charge in [-0.2, -0.15) is 0 Å². The summed E-state index contributed by atoms with van der Waals surface area (Å²) in [5, 5.41) is 4.89. The van der Waals surface area contributed by atoms with Crippen LogP contribution in [-0.4, -0.2) is 57.3 Å². The SMILES string of the molecule is O=C1N(c2cncc(Nc3ncc(Cl)c(-c4cccc(-c5ccccc5)c4)n3)c2)CCC12CCN(CCCCCCCCCBr)CC2. The van der Waals surface area contributed by atoms with E-state index >= 15 is 0 Å². The smallest absolute Gasteiger partial charge is 0.233 e. The zero-order valence-corrected chi connectivity index (χ0v) is 29.4. The maximum Gasteiger partial charge on any atom is 0.233 e. The van der Waals surface area contributed by atoms with Gasteiger partial charge in [-0.1, -0.05) is 108 Å². The van der Waals surface area contributed by atoms with E-state index in [0.29, 0.717) is 16.7 Å². The number of nitrogens with one attached hydrogen (secondary N) is 1. The van der Waals surface area contributed by atoms with E-state index in [1.54, 1.807) is 18.6 Å². The third-order valence-electron chi connectivity index (χ3n) is 9.71. The summed E-state index contributed by atoms with van der Waals surface area (Å²) in [6, 6.07) is 20.4. The largest absolute Gasteiger partial charge is 0.323 e. The van der Waals surface area contributed by atoms with Gasteiger partial charge >= 0.3 is 0 Å². The van der Waals surface area contributed by atoms with E-state index in [2.05, 4.69) is 60.4 Å². The number of hydrogen-bond donors (Lipinski definition) is 1. The summed E-state index contributed by atoms with van der Waals surface area (Å²) in [5.41, 5.74) is 5.05. The summed E-state index contributed by atoms with van der Waals surface area (Å²) < 4.78 is 0. The molecule has 47 heavy (non-hydrogen) atoms. The van der Waals surface area contributed by atoms with E-state index in [9.17, 15) is 4.79 Å². The number of alkyl halides is 1. The van der Waals surface area contributed by atoms with E-state index in [-0.39, 0.29) is 11.3 Å². The molecule has 2 saturated heterocycles. The number of carbonyl (C=O) groups is 1. The van der Waals surface area contributed by atoms with E-state index in [1.165, 1.54) is 44.9 Å². The molecule has 2 aliphatic rings. The number of hydrogen-bond acceptors (Lipinski definition) is 6. The monoisotopic (exact) mass is 714 g/mol. The number of likely N-dealkylation sites (tertiary alicyclic amines) is 1. The first-order valence-electron chi connectivity index (χ1n) is 17.1. The summed E-state index contributed by atoms with van der Waals surface area (Å²) in [7, 11) is 0. The molecule has 2 fully saturated rings. The lowest BCUT2D eigenvalue weighted by molar-refractivity contribution is -0.128. The zero-order valence-electron chi connectivity index (χ0n) is 27.0. The van der Waals surface area contributed by atoms with Crippen LogP contribution >= 0.6 is 27.5 Å². The minimum Gasteiger partial charge on any atom is -0.323 e. The number of anilines is 3. The summed E-state index contributed by atoms with van der Waals surface area (Å²) >= 11 is 10.1. The number of halogens is 2. The molecule has 4 aromatic rings. The highest BCUT2D eigenvalue weighted by atomic mass is 79.9. The topological polar surface area (TPSA) is 74.2 Å². The van der Waals surface area contributed by atoms with Crippen LogP contribution in [0.2, 0.25) is 5.02 Å². The Bertz CT molecular complexity index is 1630. The molecule has 0 unspecified atom stereocenters. The molecular formula is C38H44BrClN6O. The Balaban J connectivity index is 1.05. The predicted molar refractivity (Wildman–Crippen MR) is 197 cm³/mol. The summed E-state index contributed by atoms with van der Waals surface area (Å²) in [6.45, 7) is 3.89. The molecule has 0 aliphatic carbocycles. The average Bonchev–Trinajstić information content (AvgIpc) is 3.42. The summed E-state index contributed by atoms with van der Waals surface area (Å²) in [4.78, 5) is 32.0. The molecule has 0 saturated carbocycles. The predicted octanol–water partition coefficient (Wildman–Crippen LogP) is 9.55. The van der Waals surface area contributed by atoms with Crippen molar-refractivity contribution in [1.82, 2.24) is 19.9 Å². The number of carbonyl (C=O) groups excluding carboxylic acids is 1. The second kappa shape index (κ2) is 16.2. The second-order valence-corrected chi connectivity index (χ2v) is 14.1. The molecule has 9 heteroatoms. The van der Waals surface area contributed by atoms with Gasteiger partial charge in [-0.25, -0.2) is 9.97 Å². The number of piperidine rings is 1. The maximum absolute atomic E-state index is 13.9. The molecule has 2 aliphatic heterocycles. The van der Waals surface area contributed by atoms with Crippen LogP contribution in [0.25, 0.3) is 22.4 Å². The lowest BCUT2D eigenvalue weighted by atomic mass is 9.77. The van der Waals surface area contributed by atoms with Crippen LogP contribution in [0, 0.1) is 5.41 Å². The van der Waals surface area contributed by atoms with Gasteiger partial charge in [-0.15, -0.1) is 0 Å². The van der Waals surface area contributed by atoms with Crippen LogP contribution in [0.1, 0.15) is 64.2 Å². The van der Waals surface area contributed by atoms with Crippen LogP contribution in [0.5, 0.6) is 0 Å². The Morgan fingerprint density at radius 1 is 0.787 bits per heavy atom. The Hall–Kier alpha value is -3.33. The molecule has 6 rings (SSSR count). The molecule has 246 valence electrons. The third-order valence-corrected chi connectivity index (χ3v) is 10.6. The van der Waals surface area contributed by atoms with Crippen LogP contribution in [0.15, 0.2) is 79.3 Å². The highest BCUT2D eigenvalue weighted by Crippen LogP contribution is 2.43. The van der Waals surface area contributed by atoms with Gasteiger partial charge in [0.2, 0.25) is 11.9 Å². The zero-order chi connectivity index (χ0) is 32.5. The van der Waals surface area contributed by atoms with Gasteiger partial charge in [0.15, 0.2) is 0 Å². The number of nitrogens with zero attached hydrogens (tertiary/aromatic N) is 5. The Morgan fingerprint density at radius 3 is 2.28 bits per heavy atom. The van der Waals surface area contributed by atoms with Crippen molar-refractivity contribution in [2.75, 3.05) is 41.7 Å². The lowest BCUT2D eigenvalue weighted by Crippen LogP contribution is -2.45. The van der Waals surface area contributed by atoms with Crippen molar-refractivity contribution in [3.8, 4) is 22.4 Å². The fraction of sp³-hybridized carbons (Fsp3) is 0.421. The van der Waals surface area contributed by atoms with Gasteiger partial charge in [0.25, 0.3) is 0 Å². The average molecular weight is 716 g/mol. The minimum atomic E-state index is -0.252. The fourth-order valence-corrected chi connectivity index (χ4v) is 7.53.